The highest BCUT2D eigenvalue weighted by Crippen LogP contribution is 2.24. The van der Waals surface area contributed by atoms with Gasteiger partial charge in [-0.25, -0.2) is 0 Å². The third-order valence-corrected chi connectivity index (χ3v) is 2.10. The van der Waals surface area contributed by atoms with E-state index in [1.807, 2.05) is 13.0 Å². The number of nitrogens with two attached hydrogens (primary N) is 1. The Labute approximate surface area is 68.5 Å². The van der Waals surface area contributed by atoms with Gasteiger partial charge in [-0.2, -0.15) is 0 Å². The fourth-order valence-electron chi connectivity index (χ4n) is 0.764. The lowest BCUT2D eigenvalue weighted by atomic mass is 10.1. The van der Waals surface area contributed by atoms with Gasteiger partial charge in [-0.05, 0) is 22.0 Å². The van der Waals surface area contributed by atoms with Crippen molar-refractivity contribution < 1.29 is 4.42 Å². The van der Waals surface area contributed by atoms with Crippen LogP contribution in [0.25, 0.3) is 0 Å². The van der Waals surface area contributed by atoms with E-state index in [1.165, 1.54) is 0 Å². The van der Waals surface area contributed by atoms with Crippen molar-refractivity contribution in [2.75, 3.05) is 6.54 Å². The summed E-state index contributed by atoms with van der Waals surface area (Å²) in [7, 11) is 0. The van der Waals surface area contributed by atoms with E-state index in [4.69, 9.17) is 10.2 Å². The van der Waals surface area contributed by atoms with Crippen molar-refractivity contribution in [2.45, 2.75) is 12.8 Å². The number of furan rings is 1. The standard InChI is InChI=1S/C7H10BrNO/c1-5(4-9)7-6(8)2-3-10-7/h2-3,5H,4,9H2,1H3. The summed E-state index contributed by atoms with van der Waals surface area (Å²) >= 11 is 3.36. The summed E-state index contributed by atoms with van der Waals surface area (Å²) < 4.78 is 6.20. The van der Waals surface area contributed by atoms with Crippen molar-refractivity contribution in [1.29, 1.82) is 0 Å². The Hall–Kier alpha value is -0.280. The molecule has 1 rings (SSSR count). The highest BCUT2D eigenvalue weighted by molar-refractivity contribution is 9.10. The summed E-state index contributed by atoms with van der Waals surface area (Å²) in [4.78, 5) is 0. The third kappa shape index (κ3) is 1.41. The average Bonchev–Trinajstić information content (AvgIpc) is 2.34. The minimum atomic E-state index is 0.296. The lowest BCUT2D eigenvalue weighted by Crippen LogP contribution is -2.08. The minimum Gasteiger partial charge on any atom is -0.468 e. The Bertz CT molecular complexity index is 209. The van der Waals surface area contributed by atoms with E-state index < -0.39 is 0 Å². The summed E-state index contributed by atoms with van der Waals surface area (Å²) in [5, 5.41) is 0. The van der Waals surface area contributed by atoms with Crippen LogP contribution in [0.5, 0.6) is 0 Å². The molecule has 0 saturated heterocycles. The van der Waals surface area contributed by atoms with E-state index >= 15 is 0 Å². The third-order valence-electron chi connectivity index (χ3n) is 1.45. The molecule has 0 amide bonds. The molecule has 1 atom stereocenters. The fourth-order valence-corrected chi connectivity index (χ4v) is 1.36. The predicted octanol–water partition coefficient (Wildman–Crippen LogP) is 2.10. The van der Waals surface area contributed by atoms with Crippen LogP contribution in [0.4, 0.5) is 0 Å². The molecule has 0 radical (unpaired) electrons. The molecule has 0 saturated carbocycles. The molecule has 0 aliphatic heterocycles. The fraction of sp³-hybridized carbons (Fsp3) is 0.429. The van der Waals surface area contributed by atoms with Gasteiger partial charge in [-0.3, -0.25) is 0 Å². The van der Waals surface area contributed by atoms with Crippen molar-refractivity contribution in [1.82, 2.24) is 0 Å². The van der Waals surface area contributed by atoms with E-state index in [9.17, 15) is 0 Å². The maximum atomic E-state index is 5.45. The first-order valence-electron chi connectivity index (χ1n) is 3.18. The van der Waals surface area contributed by atoms with Crippen LogP contribution in [0.1, 0.15) is 18.6 Å². The Balaban J connectivity index is 2.82. The van der Waals surface area contributed by atoms with Crippen LogP contribution < -0.4 is 5.73 Å². The molecular formula is C7H10BrNO. The summed E-state index contributed by atoms with van der Waals surface area (Å²) in [6, 6.07) is 1.88. The second-order valence-electron chi connectivity index (χ2n) is 2.27. The zero-order chi connectivity index (χ0) is 7.56. The maximum absolute atomic E-state index is 5.45. The number of rotatable bonds is 2. The number of hydrogen-bond donors (Lipinski definition) is 1. The zero-order valence-electron chi connectivity index (χ0n) is 5.80. The van der Waals surface area contributed by atoms with Crippen LogP contribution in [0, 0.1) is 0 Å². The molecule has 1 heterocycles. The van der Waals surface area contributed by atoms with Crippen molar-refractivity contribution in [2.24, 2.45) is 5.73 Å². The van der Waals surface area contributed by atoms with Gasteiger partial charge in [-0.15, -0.1) is 0 Å². The molecule has 0 aliphatic carbocycles. The van der Waals surface area contributed by atoms with Crippen molar-refractivity contribution in [3.05, 3.63) is 22.6 Å². The van der Waals surface area contributed by atoms with Gasteiger partial charge in [0.2, 0.25) is 0 Å². The summed E-state index contributed by atoms with van der Waals surface area (Å²) in [6.45, 7) is 2.65. The van der Waals surface area contributed by atoms with Gasteiger partial charge in [0.1, 0.15) is 5.76 Å². The highest BCUT2D eigenvalue weighted by Gasteiger charge is 2.09. The summed E-state index contributed by atoms with van der Waals surface area (Å²) in [5.74, 6) is 1.23. The van der Waals surface area contributed by atoms with Crippen molar-refractivity contribution in [3.8, 4) is 0 Å². The minimum absolute atomic E-state index is 0.296. The van der Waals surface area contributed by atoms with Gasteiger partial charge in [0.05, 0.1) is 10.7 Å². The van der Waals surface area contributed by atoms with E-state index in [2.05, 4.69) is 15.9 Å². The van der Waals surface area contributed by atoms with Crippen LogP contribution >= 0.6 is 15.9 Å². The molecule has 0 fully saturated rings. The largest absolute Gasteiger partial charge is 0.468 e. The predicted molar refractivity (Wildman–Crippen MR) is 43.9 cm³/mol. The Morgan fingerprint density at radius 2 is 2.50 bits per heavy atom. The van der Waals surface area contributed by atoms with Crippen LogP contribution in [0.2, 0.25) is 0 Å². The maximum Gasteiger partial charge on any atom is 0.121 e. The van der Waals surface area contributed by atoms with E-state index in [0.717, 1.165) is 10.2 Å². The average molecular weight is 204 g/mol. The molecule has 10 heavy (non-hydrogen) atoms. The zero-order valence-corrected chi connectivity index (χ0v) is 7.39. The van der Waals surface area contributed by atoms with Crippen LogP contribution in [0.3, 0.4) is 0 Å². The van der Waals surface area contributed by atoms with Gasteiger partial charge in [0.15, 0.2) is 0 Å². The first kappa shape index (κ1) is 7.82. The monoisotopic (exact) mass is 203 g/mol. The van der Waals surface area contributed by atoms with Gasteiger partial charge in [0.25, 0.3) is 0 Å². The smallest absolute Gasteiger partial charge is 0.121 e. The Morgan fingerprint density at radius 3 is 2.90 bits per heavy atom. The van der Waals surface area contributed by atoms with Gasteiger partial charge in [-0.1, -0.05) is 6.92 Å². The van der Waals surface area contributed by atoms with E-state index in [1.54, 1.807) is 6.26 Å². The molecule has 1 unspecified atom stereocenters. The molecular weight excluding hydrogens is 194 g/mol. The molecule has 1 aromatic heterocycles. The van der Waals surface area contributed by atoms with Crippen LogP contribution in [-0.4, -0.2) is 6.54 Å². The molecule has 1 aromatic rings. The lowest BCUT2D eigenvalue weighted by molar-refractivity contribution is 0.475. The van der Waals surface area contributed by atoms with E-state index in [-0.39, 0.29) is 0 Å². The lowest BCUT2D eigenvalue weighted by Gasteiger charge is -2.03. The molecule has 0 aromatic carbocycles. The molecule has 0 bridgehead atoms. The first-order valence-corrected chi connectivity index (χ1v) is 3.98. The molecule has 56 valence electrons. The van der Waals surface area contributed by atoms with Gasteiger partial charge < -0.3 is 10.2 Å². The summed E-state index contributed by atoms with van der Waals surface area (Å²) in [6.07, 6.45) is 1.66. The quantitative estimate of drug-likeness (QED) is 0.801. The molecule has 2 N–H and O–H groups in total. The molecule has 0 spiro atoms. The number of hydrogen-bond acceptors (Lipinski definition) is 2. The van der Waals surface area contributed by atoms with E-state index in [0.29, 0.717) is 12.5 Å². The first-order chi connectivity index (χ1) is 4.75. The SMILES string of the molecule is CC(CN)c1occc1Br. The summed E-state index contributed by atoms with van der Waals surface area (Å²) in [5.41, 5.74) is 5.45. The van der Waals surface area contributed by atoms with Crippen molar-refractivity contribution >= 4 is 15.9 Å². The highest BCUT2D eigenvalue weighted by atomic mass is 79.9. The Morgan fingerprint density at radius 1 is 1.80 bits per heavy atom. The topological polar surface area (TPSA) is 39.2 Å². The van der Waals surface area contributed by atoms with Gasteiger partial charge in [0, 0.05) is 12.5 Å². The van der Waals surface area contributed by atoms with Crippen LogP contribution in [-0.2, 0) is 0 Å². The molecule has 3 heteroatoms. The Kier molecular flexibility index (Phi) is 2.51. The van der Waals surface area contributed by atoms with Gasteiger partial charge >= 0.3 is 0 Å². The molecule has 2 nitrogen and oxygen atoms in total. The van der Waals surface area contributed by atoms with Crippen molar-refractivity contribution in [3.63, 3.8) is 0 Å². The van der Waals surface area contributed by atoms with Crippen LogP contribution in [0.15, 0.2) is 21.2 Å². The molecule has 0 aliphatic rings. The second kappa shape index (κ2) is 3.21. The number of halogens is 1. The normalized spacial score (nSPS) is 13.5. The second-order valence-corrected chi connectivity index (χ2v) is 3.12.